The molecule has 0 fully saturated rings. The van der Waals surface area contributed by atoms with Crippen LogP contribution in [0.2, 0.25) is 0 Å². The lowest BCUT2D eigenvalue weighted by atomic mass is 10.1. The van der Waals surface area contributed by atoms with Crippen LogP contribution in [-0.2, 0) is 0 Å². The number of nitriles is 1. The standard InChI is InChI=1S/C12H12F2N2O/c1-7-4-9(11(14)5-10(7)13)12(17)16(3)8(2)6-15/h4-5,8H,1-3H3. The highest BCUT2D eigenvalue weighted by atomic mass is 19.1. The van der Waals surface area contributed by atoms with Crippen molar-refractivity contribution in [2.45, 2.75) is 19.9 Å². The SMILES string of the molecule is Cc1cc(C(=O)N(C)C(C)C#N)c(F)cc1F. The van der Waals surface area contributed by atoms with E-state index in [1.165, 1.54) is 20.9 Å². The fraction of sp³-hybridized carbons (Fsp3) is 0.333. The third-order valence-corrected chi connectivity index (χ3v) is 2.57. The normalized spacial score (nSPS) is 11.8. The summed E-state index contributed by atoms with van der Waals surface area (Å²) in [7, 11) is 1.40. The maximum atomic E-state index is 13.4. The van der Waals surface area contributed by atoms with Gasteiger partial charge in [-0.15, -0.1) is 0 Å². The minimum absolute atomic E-state index is 0.188. The summed E-state index contributed by atoms with van der Waals surface area (Å²) in [5.74, 6) is -2.26. The maximum Gasteiger partial charge on any atom is 0.257 e. The van der Waals surface area contributed by atoms with E-state index in [0.29, 0.717) is 6.07 Å². The molecule has 0 radical (unpaired) electrons. The Kier molecular flexibility index (Phi) is 3.79. The van der Waals surface area contributed by atoms with Gasteiger partial charge < -0.3 is 4.90 Å². The number of carbonyl (C=O) groups excluding carboxylic acids is 1. The Bertz CT molecular complexity index is 494. The second-order valence-electron chi connectivity index (χ2n) is 3.80. The van der Waals surface area contributed by atoms with Gasteiger partial charge in [-0.2, -0.15) is 5.26 Å². The lowest BCUT2D eigenvalue weighted by Crippen LogP contribution is -2.34. The van der Waals surface area contributed by atoms with Crippen molar-refractivity contribution < 1.29 is 13.6 Å². The second kappa shape index (κ2) is 4.91. The highest BCUT2D eigenvalue weighted by Crippen LogP contribution is 2.16. The Morgan fingerprint density at radius 3 is 2.53 bits per heavy atom. The molecule has 17 heavy (non-hydrogen) atoms. The van der Waals surface area contributed by atoms with E-state index >= 15 is 0 Å². The number of hydrogen-bond acceptors (Lipinski definition) is 2. The van der Waals surface area contributed by atoms with E-state index in [9.17, 15) is 13.6 Å². The molecule has 0 bridgehead atoms. The predicted octanol–water partition coefficient (Wildman–Crippen LogP) is 2.26. The Morgan fingerprint density at radius 1 is 1.41 bits per heavy atom. The van der Waals surface area contributed by atoms with Gasteiger partial charge in [0, 0.05) is 13.1 Å². The van der Waals surface area contributed by atoms with Crippen LogP contribution >= 0.6 is 0 Å². The van der Waals surface area contributed by atoms with Gasteiger partial charge in [-0.25, -0.2) is 8.78 Å². The predicted molar refractivity (Wildman–Crippen MR) is 58.3 cm³/mol. The van der Waals surface area contributed by atoms with Gasteiger partial charge in [0.1, 0.15) is 17.7 Å². The number of nitrogens with zero attached hydrogens (tertiary/aromatic N) is 2. The molecule has 0 saturated carbocycles. The maximum absolute atomic E-state index is 13.4. The molecule has 0 N–H and O–H groups in total. The fourth-order valence-corrected chi connectivity index (χ4v) is 1.27. The van der Waals surface area contributed by atoms with Gasteiger partial charge >= 0.3 is 0 Å². The molecule has 1 unspecified atom stereocenters. The summed E-state index contributed by atoms with van der Waals surface area (Å²) in [5.41, 5.74) is -0.0405. The summed E-state index contributed by atoms with van der Waals surface area (Å²) in [6.07, 6.45) is 0. The van der Waals surface area contributed by atoms with Crippen molar-refractivity contribution in [2.75, 3.05) is 7.05 Å². The summed E-state index contributed by atoms with van der Waals surface area (Å²) in [4.78, 5) is 12.9. The number of hydrogen-bond donors (Lipinski definition) is 0. The van der Waals surface area contributed by atoms with E-state index < -0.39 is 23.6 Å². The molecule has 3 nitrogen and oxygen atoms in total. The summed E-state index contributed by atoms with van der Waals surface area (Å²) >= 11 is 0. The molecule has 0 heterocycles. The summed E-state index contributed by atoms with van der Waals surface area (Å²) in [6, 6.07) is 3.02. The Morgan fingerprint density at radius 2 is 2.00 bits per heavy atom. The van der Waals surface area contributed by atoms with Crippen LogP contribution in [0.15, 0.2) is 12.1 Å². The number of halogens is 2. The van der Waals surface area contributed by atoms with Crippen LogP contribution in [0.3, 0.4) is 0 Å². The quantitative estimate of drug-likeness (QED) is 0.793. The Labute approximate surface area is 98.3 Å². The molecule has 0 aliphatic carbocycles. The van der Waals surface area contributed by atoms with Crippen LogP contribution in [0.4, 0.5) is 8.78 Å². The van der Waals surface area contributed by atoms with Crippen molar-refractivity contribution >= 4 is 5.91 Å². The zero-order valence-corrected chi connectivity index (χ0v) is 9.79. The molecular weight excluding hydrogens is 226 g/mol. The fourth-order valence-electron chi connectivity index (χ4n) is 1.27. The molecule has 1 amide bonds. The van der Waals surface area contributed by atoms with Crippen molar-refractivity contribution in [3.8, 4) is 6.07 Å². The Hall–Kier alpha value is -1.96. The minimum atomic E-state index is -0.921. The molecule has 0 saturated heterocycles. The largest absolute Gasteiger partial charge is 0.326 e. The molecular formula is C12H12F2N2O. The van der Waals surface area contributed by atoms with Crippen LogP contribution in [0.5, 0.6) is 0 Å². The van der Waals surface area contributed by atoms with E-state index in [0.717, 1.165) is 11.0 Å². The first kappa shape index (κ1) is 13.1. The van der Waals surface area contributed by atoms with Gasteiger partial charge in [-0.05, 0) is 25.5 Å². The van der Waals surface area contributed by atoms with Crippen molar-refractivity contribution in [3.05, 3.63) is 34.9 Å². The smallest absolute Gasteiger partial charge is 0.257 e. The summed E-state index contributed by atoms with van der Waals surface area (Å²) in [5, 5.41) is 8.67. The van der Waals surface area contributed by atoms with E-state index in [1.54, 1.807) is 0 Å². The molecule has 1 aromatic carbocycles. The van der Waals surface area contributed by atoms with Crippen molar-refractivity contribution in [1.29, 1.82) is 5.26 Å². The number of rotatable bonds is 2. The van der Waals surface area contributed by atoms with Crippen molar-refractivity contribution in [3.63, 3.8) is 0 Å². The van der Waals surface area contributed by atoms with Crippen LogP contribution in [0, 0.1) is 29.9 Å². The zero-order valence-electron chi connectivity index (χ0n) is 9.79. The van der Waals surface area contributed by atoms with Crippen LogP contribution in [0.1, 0.15) is 22.8 Å². The van der Waals surface area contributed by atoms with Crippen molar-refractivity contribution in [1.82, 2.24) is 4.90 Å². The lowest BCUT2D eigenvalue weighted by molar-refractivity contribution is 0.0768. The first-order chi connectivity index (χ1) is 7.88. The van der Waals surface area contributed by atoms with Crippen LogP contribution in [0.25, 0.3) is 0 Å². The van der Waals surface area contributed by atoms with E-state index in [1.807, 2.05) is 6.07 Å². The molecule has 0 aliphatic heterocycles. The second-order valence-corrected chi connectivity index (χ2v) is 3.80. The molecule has 0 aliphatic rings. The van der Waals surface area contributed by atoms with Crippen molar-refractivity contribution in [2.24, 2.45) is 0 Å². The van der Waals surface area contributed by atoms with Gasteiger partial charge in [0.25, 0.3) is 5.91 Å². The molecule has 1 aromatic rings. The Balaban J connectivity index is 3.14. The molecule has 0 aromatic heterocycles. The highest BCUT2D eigenvalue weighted by molar-refractivity contribution is 5.94. The average Bonchev–Trinajstić information content (AvgIpc) is 2.31. The molecule has 90 valence electrons. The highest BCUT2D eigenvalue weighted by Gasteiger charge is 2.21. The summed E-state index contributed by atoms with van der Waals surface area (Å²) < 4.78 is 26.5. The van der Waals surface area contributed by atoms with Gasteiger partial charge in [0.15, 0.2) is 0 Å². The first-order valence-electron chi connectivity index (χ1n) is 5.01. The monoisotopic (exact) mass is 238 g/mol. The third kappa shape index (κ3) is 2.59. The number of benzene rings is 1. The van der Waals surface area contributed by atoms with E-state index in [2.05, 4.69) is 0 Å². The van der Waals surface area contributed by atoms with Crippen LogP contribution < -0.4 is 0 Å². The first-order valence-corrected chi connectivity index (χ1v) is 5.01. The number of carbonyl (C=O) groups is 1. The van der Waals surface area contributed by atoms with Gasteiger partial charge in [-0.1, -0.05) is 0 Å². The zero-order chi connectivity index (χ0) is 13.2. The molecule has 1 atom stereocenters. The van der Waals surface area contributed by atoms with E-state index in [4.69, 9.17) is 5.26 Å². The van der Waals surface area contributed by atoms with E-state index in [-0.39, 0.29) is 11.1 Å². The average molecular weight is 238 g/mol. The third-order valence-electron chi connectivity index (χ3n) is 2.57. The topological polar surface area (TPSA) is 44.1 Å². The van der Waals surface area contributed by atoms with Gasteiger partial charge in [-0.3, -0.25) is 4.79 Å². The number of amides is 1. The van der Waals surface area contributed by atoms with Gasteiger partial charge in [0.2, 0.25) is 0 Å². The summed E-state index contributed by atoms with van der Waals surface area (Å²) in [6.45, 7) is 2.96. The lowest BCUT2D eigenvalue weighted by Gasteiger charge is -2.19. The molecule has 5 heteroatoms. The minimum Gasteiger partial charge on any atom is -0.326 e. The molecule has 1 rings (SSSR count). The van der Waals surface area contributed by atoms with Gasteiger partial charge in [0.05, 0.1) is 11.6 Å². The number of aryl methyl sites for hydroxylation is 1. The molecule has 0 spiro atoms. The van der Waals surface area contributed by atoms with Crippen LogP contribution in [-0.4, -0.2) is 23.9 Å².